The summed E-state index contributed by atoms with van der Waals surface area (Å²) in [7, 11) is 1.59. The summed E-state index contributed by atoms with van der Waals surface area (Å²) in [6, 6.07) is 11.8. The molecule has 1 amide bonds. The standard InChI is InChI=1S/C20H15F2N5O2/c1-27(11-28)19-10-14(6-7-23-19)29-13-3-5-17-18(9-13)26-20(25-17)24-16-4-2-12(21)8-15(16)22/h2-11H,1H3,(H2,24,25,26). The van der Waals surface area contributed by atoms with E-state index in [9.17, 15) is 13.6 Å². The number of amides is 1. The largest absolute Gasteiger partial charge is 0.457 e. The maximum absolute atomic E-state index is 13.8. The second-order valence-corrected chi connectivity index (χ2v) is 6.18. The number of aromatic nitrogens is 3. The van der Waals surface area contributed by atoms with Gasteiger partial charge in [0.05, 0.1) is 16.7 Å². The predicted molar refractivity (Wildman–Crippen MR) is 105 cm³/mol. The van der Waals surface area contributed by atoms with Crippen LogP contribution in [0.5, 0.6) is 11.5 Å². The summed E-state index contributed by atoms with van der Waals surface area (Å²) in [6.45, 7) is 0. The Hall–Kier alpha value is -4.01. The van der Waals surface area contributed by atoms with E-state index in [1.807, 2.05) is 0 Å². The number of carbonyl (C=O) groups is 1. The molecule has 0 saturated heterocycles. The number of anilines is 3. The molecule has 7 nitrogen and oxygen atoms in total. The van der Waals surface area contributed by atoms with Crippen molar-refractivity contribution in [2.24, 2.45) is 0 Å². The highest BCUT2D eigenvalue weighted by atomic mass is 19.1. The zero-order valence-corrected chi connectivity index (χ0v) is 15.2. The number of pyridine rings is 1. The number of rotatable bonds is 6. The molecule has 2 aromatic heterocycles. The number of hydrogen-bond acceptors (Lipinski definition) is 5. The first kappa shape index (κ1) is 18.4. The average molecular weight is 395 g/mol. The van der Waals surface area contributed by atoms with Crippen molar-refractivity contribution in [3.8, 4) is 11.5 Å². The van der Waals surface area contributed by atoms with Gasteiger partial charge in [-0.25, -0.2) is 18.7 Å². The summed E-state index contributed by atoms with van der Waals surface area (Å²) in [5, 5.41) is 2.79. The fourth-order valence-corrected chi connectivity index (χ4v) is 2.68. The van der Waals surface area contributed by atoms with Gasteiger partial charge in [-0.2, -0.15) is 0 Å². The van der Waals surface area contributed by atoms with Crippen molar-refractivity contribution in [3.05, 3.63) is 66.4 Å². The van der Waals surface area contributed by atoms with Crippen molar-refractivity contribution in [1.82, 2.24) is 15.0 Å². The SMILES string of the molecule is CN(C=O)c1cc(Oc2ccc3nc(Nc4ccc(F)cc4F)[nH]c3c2)ccn1. The molecule has 0 aliphatic rings. The molecule has 0 bridgehead atoms. The molecular weight excluding hydrogens is 380 g/mol. The van der Waals surface area contributed by atoms with Crippen LogP contribution in [0.1, 0.15) is 0 Å². The van der Waals surface area contributed by atoms with E-state index in [0.29, 0.717) is 40.7 Å². The molecule has 0 unspecified atom stereocenters. The number of H-pyrrole nitrogens is 1. The zero-order valence-electron chi connectivity index (χ0n) is 15.2. The maximum Gasteiger partial charge on any atom is 0.215 e. The van der Waals surface area contributed by atoms with Gasteiger partial charge in [-0.05, 0) is 30.3 Å². The zero-order chi connectivity index (χ0) is 20.4. The van der Waals surface area contributed by atoms with Gasteiger partial charge in [0.15, 0.2) is 0 Å². The number of imidazole rings is 1. The monoisotopic (exact) mass is 395 g/mol. The van der Waals surface area contributed by atoms with Crippen LogP contribution < -0.4 is 15.0 Å². The Bertz CT molecular complexity index is 1190. The Labute approximate surface area is 164 Å². The summed E-state index contributed by atoms with van der Waals surface area (Å²) in [6.07, 6.45) is 2.19. The Morgan fingerprint density at radius 3 is 2.72 bits per heavy atom. The number of ether oxygens (including phenoxy) is 1. The van der Waals surface area contributed by atoms with Gasteiger partial charge in [0.1, 0.15) is 29.0 Å². The lowest BCUT2D eigenvalue weighted by Gasteiger charge is -2.11. The summed E-state index contributed by atoms with van der Waals surface area (Å²) in [5.74, 6) is 0.427. The van der Waals surface area contributed by atoms with Crippen molar-refractivity contribution in [2.75, 3.05) is 17.3 Å². The highest BCUT2D eigenvalue weighted by Crippen LogP contribution is 2.28. The van der Waals surface area contributed by atoms with Crippen LogP contribution in [-0.4, -0.2) is 28.4 Å². The van der Waals surface area contributed by atoms with Gasteiger partial charge in [-0.3, -0.25) is 4.79 Å². The summed E-state index contributed by atoms with van der Waals surface area (Å²) in [4.78, 5) is 23.7. The van der Waals surface area contributed by atoms with Gasteiger partial charge in [-0.1, -0.05) is 0 Å². The molecule has 2 N–H and O–H groups in total. The lowest BCUT2D eigenvalue weighted by Crippen LogP contribution is -2.14. The maximum atomic E-state index is 13.8. The van der Waals surface area contributed by atoms with Crippen LogP contribution >= 0.6 is 0 Å². The van der Waals surface area contributed by atoms with Gasteiger partial charge >= 0.3 is 0 Å². The molecule has 2 aromatic carbocycles. The van der Waals surface area contributed by atoms with Gasteiger partial charge in [-0.15, -0.1) is 0 Å². The van der Waals surface area contributed by atoms with Crippen LogP contribution in [-0.2, 0) is 4.79 Å². The minimum atomic E-state index is -0.719. The number of carbonyl (C=O) groups excluding carboxylic acids is 1. The minimum Gasteiger partial charge on any atom is -0.457 e. The molecule has 0 spiro atoms. The van der Waals surface area contributed by atoms with E-state index < -0.39 is 11.6 Å². The van der Waals surface area contributed by atoms with Crippen molar-refractivity contribution >= 4 is 34.9 Å². The van der Waals surface area contributed by atoms with Crippen LogP contribution in [0, 0.1) is 11.6 Å². The van der Waals surface area contributed by atoms with E-state index in [1.165, 1.54) is 11.0 Å². The second-order valence-electron chi connectivity index (χ2n) is 6.18. The van der Waals surface area contributed by atoms with E-state index in [-0.39, 0.29) is 5.69 Å². The van der Waals surface area contributed by atoms with E-state index in [0.717, 1.165) is 12.1 Å². The Balaban J connectivity index is 1.56. The Morgan fingerprint density at radius 2 is 1.93 bits per heavy atom. The summed E-state index contributed by atoms with van der Waals surface area (Å²) < 4.78 is 32.7. The minimum absolute atomic E-state index is 0.102. The van der Waals surface area contributed by atoms with Gasteiger partial charge < -0.3 is 19.9 Å². The smallest absolute Gasteiger partial charge is 0.215 e. The van der Waals surface area contributed by atoms with Gasteiger partial charge in [0.25, 0.3) is 0 Å². The molecule has 0 saturated carbocycles. The quantitative estimate of drug-likeness (QED) is 0.474. The molecule has 29 heavy (non-hydrogen) atoms. The first-order chi connectivity index (χ1) is 14.0. The number of benzene rings is 2. The molecule has 9 heteroatoms. The molecule has 4 rings (SSSR count). The fraction of sp³-hybridized carbons (Fsp3) is 0.0500. The Kier molecular flexibility index (Phi) is 4.78. The molecule has 0 fully saturated rings. The van der Waals surface area contributed by atoms with E-state index in [4.69, 9.17) is 4.74 Å². The number of aromatic amines is 1. The first-order valence-corrected chi connectivity index (χ1v) is 8.56. The normalized spacial score (nSPS) is 10.7. The summed E-state index contributed by atoms with van der Waals surface area (Å²) >= 11 is 0. The molecule has 4 aromatic rings. The fourth-order valence-electron chi connectivity index (χ4n) is 2.68. The van der Waals surface area contributed by atoms with Crippen molar-refractivity contribution in [2.45, 2.75) is 0 Å². The van der Waals surface area contributed by atoms with Crippen molar-refractivity contribution in [1.29, 1.82) is 0 Å². The van der Waals surface area contributed by atoms with Crippen LogP contribution in [0.2, 0.25) is 0 Å². The third-order valence-corrected chi connectivity index (χ3v) is 4.11. The first-order valence-electron chi connectivity index (χ1n) is 8.56. The molecule has 0 aliphatic carbocycles. The van der Waals surface area contributed by atoms with Crippen LogP contribution in [0.15, 0.2) is 54.7 Å². The second kappa shape index (κ2) is 7.55. The van der Waals surface area contributed by atoms with Gasteiger partial charge in [0, 0.05) is 31.4 Å². The lowest BCUT2D eigenvalue weighted by molar-refractivity contribution is -0.107. The highest BCUT2D eigenvalue weighted by Gasteiger charge is 2.09. The third kappa shape index (κ3) is 3.98. The number of fused-ring (bicyclic) bond motifs is 1. The van der Waals surface area contributed by atoms with Crippen molar-refractivity contribution in [3.63, 3.8) is 0 Å². The number of halogens is 2. The molecule has 2 heterocycles. The number of nitrogens with zero attached hydrogens (tertiary/aromatic N) is 3. The van der Waals surface area contributed by atoms with E-state index in [2.05, 4.69) is 20.3 Å². The van der Waals surface area contributed by atoms with Crippen LogP contribution in [0.25, 0.3) is 11.0 Å². The van der Waals surface area contributed by atoms with E-state index >= 15 is 0 Å². The highest BCUT2D eigenvalue weighted by molar-refractivity contribution is 5.80. The molecule has 0 radical (unpaired) electrons. The van der Waals surface area contributed by atoms with Crippen LogP contribution in [0.4, 0.5) is 26.2 Å². The van der Waals surface area contributed by atoms with Gasteiger partial charge in [0.2, 0.25) is 12.4 Å². The third-order valence-electron chi connectivity index (χ3n) is 4.11. The number of nitrogens with one attached hydrogen (secondary N) is 2. The summed E-state index contributed by atoms with van der Waals surface area (Å²) in [5.41, 5.74) is 1.40. The lowest BCUT2D eigenvalue weighted by atomic mass is 10.3. The van der Waals surface area contributed by atoms with Crippen molar-refractivity contribution < 1.29 is 18.3 Å². The van der Waals surface area contributed by atoms with Crippen LogP contribution in [0.3, 0.4) is 0 Å². The predicted octanol–water partition coefficient (Wildman–Crippen LogP) is 4.36. The molecule has 0 aliphatic heterocycles. The Morgan fingerprint density at radius 1 is 1.10 bits per heavy atom. The number of hydrogen-bond donors (Lipinski definition) is 2. The average Bonchev–Trinajstić information content (AvgIpc) is 3.11. The molecular formula is C20H15F2N5O2. The van der Waals surface area contributed by atoms with E-state index in [1.54, 1.807) is 43.6 Å². The molecule has 0 atom stereocenters. The topological polar surface area (TPSA) is 83.1 Å². The molecule has 146 valence electrons.